The van der Waals surface area contributed by atoms with Gasteiger partial charge in [-0.1, -0.05) is 12.8 Å². The van der Waals surface area contributed by atoms with E-state index in [-0.39, 0.29) is 5.91 Å². The first kappa shape index (κ1) is 14.8. The predicted octanol–water partition coefficient (Wildman–Crippen LogP) is 2.32. The van der Waals surface area contributed by atoms with Crippen molar-refractivity contribution in [3.05, 3.63) is 24.0 Å². The van der Waals surface area contributed by atoms with Gasteiger partial charge in [0.05, 0.1) is 17.4 Å². The standard InChI is InChI=1S/C13H21N3OS/c1-18-9-5-3-2-4-7-16-13(17)11-6-8-15-10-12(11)14/h6,8,10H,2-5,7,9,14H2,1H3,(H,16,17). The summed E-state index contributed by atoms with van der Waals surface area (Å²) in [4.78, 5) is 15.6. The van der Waals surface area contributed by atoms with Gasteiger partial charge in [-0.3, -0.25) is 9.78 Å². The molecule has 1 rings (SSSR count). The second kappa shape index (κ2) is 8.80. The number of nitrogens with zero attached hydrogens (tertiary/aromatic N) is 1. The Morgan fingerprint density at radius 1 is 1.39 bits per heavy atom. The van der Waals surface area contributed by atoms with Crippen LogP contribution in [0.15, 0.2) is 18.5 Å². The molecule has 0 radical (unpaired) electrons. The van der Waals surface area contributed by atoms with Crippen molar-refractivity contribution in [3.8, 4) is 0 Å². The fraction of sp³-hybridized carbons (Fsp3) is 0.538. The van der Waals surface area contributed by atoms with Crippen molar-refractivity contribution in [2.75, 3.05) is 24.3 Å². The van der Waals surface area contributed by atoms with Crippen LogP contribution in [0.3, 0.4) is 0 Å². The van der Waals surface area contributed by atoms with Crippen LogP contribution >= 0.6 is 11.8 Å². The van der Waals surface area contributed by atoms with Crippen LogP contribution in [0, 0.1) is 0 Å². The molecule has 100 valence electrons. The van der Waals surface area contributed by atoms with E-state index in [1.54, 1.807) is 12.3 Å². The molecule has 1 aromatic heterocycles. The number of aromatic nitrogens is 1. The predicted molar refractivity (Wildman–Crippen MR) is 77.8 cm³/mol. The summed E-state index contributed by atoms with van der Waals surface area (Å²) in [6.07, 6.45) is 9.86. The Labute approximate surface area is 113 Å². The molecule has 0 saturated carbocycles. The second-order valence-corrected chi connectivity index (χ2v) is 5.11. The summed E-state index contributed by atoms with van der Waals surface area (Å²) >= 11 is 1.88. The van der Waals surface area contributed by atoms with Gasteiger partial charge in [0.15, 0.2) is 0 Å². The highest BCUT2D eigenvalue weighted by molar-refractivity contribution is 7.98. The fourth-order valence-corrected chi connectivity index (χ4v) is 2.13. The summed E-state index contributed by atoms with van der Waals surface area (Å²) in [6, 6.07) is 1.64. The molecule has 0 fully saturated rings. The van der Waals surface area contributed by atoms with Crippen LogP contribution in [0.4, 0.5) is 5.69 Å². The van der Waals surface area contributed by atoms with E-state index in [1.807, 2.05) is 11.8 Å². The molecule has 0 bridgehead atoms. The van der Waals surface area contributed by atoms with E-state index >= 15 is 0 Å². The monoisotopic (exact) mass is 267 g/mol. The van der Waals surface area contributed by atoms with Gasteiger partial charge in [0.25, 0.3) is 5.91 Å². The van der Waals surface area contributed by atoms with E-state index in [2.05, 4.69) is 16.6 Å². The van der Waals surface area contributed by atoms with Crippen LogP contribution in [-0.4, -0.2) is 29.4 Å². The summed E-state index contributed by atoms with van der Waals surface area (Å²) in [6.45, 7) is 0.708. The normalized spacial score (nSPS) is 10.3. The first-order valence-corrected chi connectivity index (χ1v) is 7.61. The summed E-state index contributed by atoms with van der Waals surface area (Å²) < 4.78 is 0. The van der Waals surface area contributed by atoms with Crippen molar-refractivity contribution in [3.63, 3.8) is 0 Å². The lowest BCUT2D eigenvalue weighted by Crippen LogP contribution is -2.25. The van der Waals surface area contributed by atoms with Gasteiger partial charge in [-0.15, -0.1) is 0 Å². The number of unbranched alkanes of at least 4 members (excludes halogenated alkanes) is 3. The lowest BCUT2D eigenvalue weighted by atomic mass is 10.2. The molecule has 0 aromatic carbocycles. The Morgan fingerprint density at radius 3 is 2.89 bits per heavy atom. The van der Waals surface area contributed by atoms with Crippen molar-refractivity contribution in [1.82, 2.24) is 10.3 Å². The van der Waals surface area contributed by atoms with Gasteiger partial charge in [-0.25, -0.2) is 0 Å². The van der Waals surface area contributed by atoms with E-state index < -0.39 is 0 Å². The molecule has 4 nitrogen and oxygen atoms in total. The summed E-state index contributed by atoms with van der Waals surface area (Å²) in [5, 5.41) is 2.88. The third-order valence-corrected chi connectivity index (χ3v) is 3.35. The maximum atomic E-state index is 11.8. The zero-order valence-electron chi connectivity index (χ0n) is 10.8. The van der Waals surface area contributed by atoms with Gasteiger partial charge < -0.3 is 11.1 Å². The fourth-order valence-electron chi connectivity index (χ4n) is 1.64. The average molecular weight is 267 g/mol. The van der Waals surface area contributed by atoms with Crippen LogP contribution < -0.4 is 11.1 Å². The minimum Gasteiger partial charge on any atom is -0.397 e. The van der Waals surface area contributed by atoms with E-state index in [9.17, 15) is 4.79 Å². The van der Waals surface area contributed by atoms with Crippen molar-refractivity contribution in [2.45, 2.75) is 25.7 Å². The minimum absolute atomic E-state index is 0.112. The zero-order chi connectivity index (χ0) is 13.2. The number of carbonyl (C=O) groups excluding carboxylic acids is 1. The van der Waals surface area contributed by atoms with Crippen LogP contribution in [0.1, 0.15) is 36.0 Å². The number of nitrogens with two attached hydrogens (primary N) is 1. The number of hydrogen-bond acceptors (Lipinski definition) is 4. The van der Waals surface area contributed by atoms with E-state index in [1.165, 1.54) is 24.8 Å². The number of thioether (sulfide) groups is 1. The van der Waals surface area contributed by atoms with E-state index in [4.69, 9.17) is 5.73 Å². The number of rotatable bonds is 8. The van der Waals surface area contributed by atoms with E-state index in [0.717, 1.165) is 12.8 Å². The molecule has 0 spiro atoms. The number of nitrogens with one attached hydrogen (secondary N) is 1. The third kappa shape index (κ3) is 5.40. The highest BCUT2D eigenvalue weighted by Crippen LogP contribution is 2.08. The quantitative estimate of drug-likeness (QED) is 0.709. The van der Waals surface area contributed by atoms with Crippen LogP contribution in [0.2, 0.25) is 0 Å². The molecule has 0 unspecified atom stereocenters. The number of anilines is 1. The lowest BCUT2D eigenvalue weighted by Gasteiger charge is -2.06. The molecule has 0 aliphatic rings. The Balaban J connectivity index is 2.16. The van der Waals surface area contributed by atoms with Crippen molar-refractivity contribution >= 4 is 23.4 Å². The first-order valence-electron chi connectivity index (χ1n) is 6.22. The molecular formula is C13H21N3OS. The number of nitrogen functional groups attached to an aromatic ring is 1. The molecule has 0 aliphatic carbocycles. The maximum Gasteiger partial charge on any atom is 0.253 e. The van der Waals surface area contributed by atoms with Gasteiger partial charge in [-0.05, 0) is 30.9 Å². The average Bonchev–Trinajstić information content (AvgIpc) is 2.38. The molecule has 0 aliphatic heterocycles. The number of hydrogen-bond donors (Lipinski definition) is 2. The van der Waals surface area contributed by atoms with Crippen LogP contribution in [0.5, 0.6) is 0 Å². The number of carbonyl (C=O) groups is 1. The highest BCUT2D eigenvalue weighted by atomic mass is 32.2. The second-order valence-electron chi connectivity index (χ2n) is 4.13. The molecule has 0 saturated heterocycles. The van der Waals surface area contributed by atoms with Gasteiger partial charge in [0.2, 0.25) is 0 Å². The maximum absolute atomic E-state index is 11.8. The van der Waals surface area contributed by atoms with Gasteiger partial charge in [0.1, 0.15) is 0 Å². The zero-order valence-corrected chi connectivity index (χ0v) is 11.6. The van der Waals surface area contributed by atoms with Crippen molar-refractivity contribution in [1.29, 1.82) is 0 Å². The molecular weight excluding hydrogens is 246 g/mol. The summed E-state index contributed by atoms with van der Waals surface area (Å²) in [5.41, 5.74) is 6.61. The minimum atomic E-state index is -0.112. The topological polar surface area (TPSA) is 68.0 Å². The first-order chi connectivity index (χ1) is 8.75. The van der Waals surface area contributed by atoms with Crippen LogP contribution in [-0.2, 0) is 0 Å². The van der Waals surface area contributed by atoms with Crippen molar-refractivity contribution in [2.24, 2.45) is 0 Å². The Hall–Kier alpha value is -1.23. The molecule has 1 amide bonds. The Bertz CT molecular complexity index is 371. The van der Waals surface area contributed by atoms with Crippen molar-refractivity contribution < 1.29 is 4.79 Å². The largest absolute Gasteiger partial charge is 0.397 e. The van der Waals surface area contributed by atoms with E-state index in [0.29, 0.717) is 17.8 Å². The molecule has 18 heavy (non-hydrogen) atoms. The number of pyridine rings is 1. The van der Waals surface area contributed by atoms with Gasteiger partial charge in [0, 0.05) is 12.7 Å². The third-order valence-electron chi connectivity index (χ3n) is 2.66. The molecule has 0 atom stereocenters. The lowest BCUT2D eigenvalue weighted by molar-refractivity contribution is 0.0953. The molecule has 1 aromatic rings. The highest BCUT2D eigenvalue weighted by Gasteiger charge is 2.07. The van der Waals surface area contributed by atoms with Gasteiger partial charge in [-0.2, -0.15) is 11.8 Å². The van der Waals surface area contributed by atoms with Gasteiger partial charge >= 0.3 is 0 Å². The molecule has 1 heterocycles. The summed E-state index contributed by atoms with van der Waals surface area (Å²) in [5.74, 6) is 1.11. The Kier molecular flexibility index (Phi) is 7.25. The molecule has 5 heteroatoms. The Morgan fingerprint density at radius 2 is 2.17 bits per heavy atom. The van der Waals surface area contributed by atoms with Crippen LogP contribution in [0.25, 0.3) is 0 Å². The SMILES string of the molecule is CSCCCCCCNC(=O)c1ccncc1N. The smallest absolute Gasteiger partial charge is 0.253 e. The molecule has 3 N–H and O–H groups in total. The summed E-state index contributed by atoms with van der Waals surface area (Å²) in [7, 11) is 0. The number of amides is 1.